The van der Waals surface area contributed by atoms with Gasteiger partial charge < -0.3 is 19.9 Å². The summed E-state index contributed by atoms with van der Waals surface area (Å²) in [5.41, 5.74) is 6.35. The Morgan fingerprint density at radius 1 is 0.762 bits per heavy atom. The predicted molar refractivity (Wildman–Crippen MR) is 84.0 cm³/mol. The zero-order valence-corrected chi connectivity index (χ0v) is 12.2. The molecule has 0 aliphatic heterocycles. The molecule has 0 spiro atoms. The Bertz CT molecular complexity index is 523. The molecule has 0 amide bonds. The molecular formula is C17H21NO3. The Morgan fingerprint density at radius 2 is 1.33 bits per heavy atom. The number of nitrogen functional groups attached to an aromatic ring is 1. The quantitative estimate of drug-likeness (QED) is 0.591. The van der Waals surface area contributed by atoms with Gasteiger partial charge in [0.15, 0.2) is 0 Å². The molecule has 0 saturated carbocycles. The molecule has 0 fully saturated rings. The van der Waals surface area contributed by atoms with E-state index >= 15 is 0 Å². The standard InChI is InChI=1S/C17H21NO3/c1-2-11-19-12-13-20-15-7-9-17(10-8-15)21-16-5-3-14(18)4-6-16/h3-10H,2,11-13,18H2,1H3. The molecule has 21 heavy (non-hydrogen) atoms. The summed E-state index contributed by atoms with van der Waals surface area (Å²) >= 11 is 0. The number of hydrogen-bond acceptors (Lipinski definition) is 4. The molecule has 2 aromatic rings. The SMILES string of the molecule is CCCOCCOc1ccc(Oc2ccc(N)cc2)cc1. The summed E-state index contributed by atoms with van der Waals surface area (Å²) in [6, 6.07) is 14.8. The number of anilines is 1. The van der Waals surface area contributed by atoms with E-state index in [1.54, 1.807) is 0 Å². The molecule has 0 unspecified atom stereocenters. The van der Waals surface area contributed by atoms with Gasteiger partial charge in [-0.3, -0.25) is 0 Å². The van der Waals surface area contributed by atoms with Crippen molar-refractivity contribution in [2.24, 2.45) is 0 Å². The molecule has 2 rings (SSSR count). The molecule has 0 heterocycles. The third kappa shape index (κ3) is 5.36. The van der Waals surface area contributed by atoms with Crippen LogP contribution in [0.3, 0.4) is 0 Å². The number of benzene rings is 2. The smallest absolute Gasteiger partial charge is 0.127 e. The molecule has 0 bridgehead atoms. The second kappa shape index (κ2) is 8.17. The van der Waals surface area contributed by atoms with Crippen LogP contribution in [0.4, 0.5) is 5.69 Å². The van der Waals surface area contributed by atoms with Crippen molar-refractivity contribution < 1.29 is 14.2 Å². The largest absolute Gasteiger partial charge is 0.491 e. The van der Waals surface area contributed by atoms with Crippen LogP contribution in [-0.2, 0) is 4.74 Å². The predicted octanol–water partition coefficient (Wildman–Crippen LogP) is 3.87. The van der Waals surface area contributed by atoms with Crippen LogP contribution in [0.25, 0.3) is 0 Å². The molecule has 0 atom stereocenters. The first kappa shape index (κ1) is 15.2. The molecule has 0 saturated heterocycles. The summed E-state index contributed by atoms with van der Waals surface area (Å²) in [5, 5.41) is 0. The second-order valence-corrected chi connectivity index (χ2v) is 4.60. The van der Waals surface area contributed by atoms with Crippen molar-refractivity contribution in [2.45, 2.75) is 13.3 Å². The Balaban J connectivity index is 1.80. The van der Waals surface area contributed by atoms with E-state index in [2.05, 4.69) is 6.92 Å². The van der Waals surface area contributed by atoms with E-state index < -0.39 is 0 Å². The lowest BCUT2D eigenvalue weighted by Gasteiger charge is -2.09. The lowest BCUT2D eigenvalue weighted by Crippen LogP contribution is -2.06. The summed E-state index contributed by atoms with van der Waals surface area (Å²) in [7, 11) is 0. The van der Waals surface area contributed by atoms with Crippen LogP contribution in [-0.4, -0.2) is 19.8 Å². The van der Waals surface area contributed by atoms with Crippen LogP contribution in [0.1, 0.15) is 13.3 Å². The first-order valence-corrected chi connectivity index (χ1v) is 7.12. The fourth-order valence-electron chi connectivity index (χ4n) is 1.74. The van der Waals surface area contributed by atoms with Crippen LogP contribution in [0, 0.1) is 0 Å². The first-order valence-electron chi connectivity index (χ1n) is 7.12. The van der Waals surface area contributed by atoms with Crippen LogP contribution in [0.2, 0.25) is 0 Å². The highest BCUT2D eigenvalue weighted by atomic mass is 16.5. The van der Waals surface area contributed by atoms with Gasteiger partial charge in [-0.15, -0.1) is 0 Å². The number of rotatable bonds is 8. The fourth-order valence-corrected chi connectivity index (χ4v) is 1.74. The topological polar surface area (TPSA) is 53.7 Å². The van der Waals surface area contributed by atoms with Gasteiger partial charge in [0, 0.05) is 12.3 Å². The molecule has 4 nitrogen and oxygen atoms in total. The Morgan fingerprint density at radius 3 is 1.95 bits per heavy atom. The van der Waals surface area contributed by atoms with E-state index in [9.17, 15) is 0 Å². The lowest BCUT2D eigenvalue weighted by molar-refractivity contribution is 0.101. The average molecular weight is 287 g/mol. The number of nitrogens with two attached hydrogens (primary N) is 1. The third-order valence-electron chi connectivity index (χ3n) is 2.78. The Kier molecular flexibility index (Phi) is 5.91. The molecule has 2 N–H and O–H groups in total. The van der Waals surface area contributed by atoms with Crippen LogP contribution < -0.4 is 15.2 Å². The highest BCUT2D eigenvalue weighted by Crippen LogP contribution is 2.24. The monoisotopic (exact) mass is 287 g/mol. The third-order valence-corrected chi connectivity index (χ3v) is 2.78. The first-order chi connectivity index (χ1) is 10.3. The van der Waals surface area contributed by atoms with Crippen molar-refractivity contribution in [3.63, 3.8) is 0 Å². The molecule has 0 aromatic heterocycles. The van der Waals surface area contributed by atoms with Crippen LogP contribution in [0.15, 0.2) is 48.5 Å². The van der Waals surface area contributed by atoms with Gasteiger partial charge in [0.05, 0.1) is 6.61 Å². The molecule has 112 valence electrons. The number of ether oxygens (including phenoxy) is 3. The minimum absolute atomic E-state index is 0.554. The molecular weight excluding hydrogens is 266 g/mol. The summed E-state index contributed by atoms with van der Waals surface area (Å²) in [5.74, 6) is 2.32. The van der Waals surface area contributed by atoms with E-state index in [0.29, 0.717) is 13.2 Å². The Labute approximate surface area is 125 Å². The Hall–Kier alpha value is -2.20. The number of hydrogen-bond donors (Lipinski definition) is 1. The summed E-state index contributed by atoms with van der Waals surface area (Å²) in [4.78, 5) is 0. The minimum atomic E-state index is 0.554. The normalized spacial score (nSPS) is 10.3. The maximum absolute atomic E-state index is 5.71. The van der Waals surface area contributed by atoms with Gasteiger partial charge in [0.25, 0.3) is 0 Å². The van der Waals surface area contributed by atoms with Crippen molar-refractivity contribution in [1.29, 1.82) is 0 Å². The van der Waals surface area contributed by atoms with E-state index in [0.717, 1.165) is 36.0 Å². The van der Waals surface area contributed by atoms with Crippen molar-refractivity contribution in [2.75, 3.05) is 25.6 Å². The molecule has 4 heteroatoms. The summed E-state index contributed by atoms with van der Waals surface area (Å²) in [6.07, 6.45) is 1.02. The van der Waals surface area contributed by atoms with Gasteiger partial charge in [-0.1, -0.05) is 6.92 Å². The van der Waals surface area contributed by atoms with Gasteiger partial charge in [-0.05, 0) is 55.0 Å². The van der Waals surface area contributed by atoms with E-state index in [4.69, 9.17) is 19.9 Å². The molecule has 0 aliphatic rings. The van der Waals surface area contributed by atoms with Crippen molar-refractivity contribution in [3.05, 3.63) is 48.5 Å². The summed E-state index contributed by atoms with van der Waals surface area (Å²) < 4.78 is 16.6. The van der Waals surface area contributed by atoms with E-state index in [-0.39, 0.29) is 0 Å². The van der Waals surface area contributed by atoms with Gasteiger partial charge in [-0.2, -0.15) is 0 Å². The zero-order chi connectivity index (χ0) is 14.9. The fraction of sp³-hybridized carbons (Fsp3) is 0.294. The van der Waals surface area contributed by atoms with Gasteiger partial charge in [-0.25, -0.2) is 0 Å². The van der Waals surface area contributed by atoms with Gasteiger partial charge >= 0.3 is 0 Å². The maximum Gasteiger partial charge on any atom is 0.127 e. The zero-order valence-electron chi connectivity index (χ0n) is 12.2. The van der Waals surface area contributed by atoms with Crippen LogP contribution >= 0.6 is 0 Å². The maximum atomic E-state index is 5.71. The minimum Gasteiger partial charge on any atom is -0.491 e. The second-order valence-electron chi connectivity index (χ2n) is 4.60. The van der Waals surface area contributed by atoms with E-state index in [1.807, 2.05) is 48.5 Å². The lowest BCUT2D eigenvalue weighted by atomic mass is 10.3. The van der Waals surface area contributed by atoms with Crippen molar-refractivity contribution in [1.82, 2.24) is 0 Å². The highest BCUT2D eigenvalue weighted by Gasteiger charge is 1.99. The van der Waals surface area contributed by atoms with Crippen molar-refractivity contribution in [3.8, 4) is 17.2 Å². The molecule has 0 radical (unpaired) electrons. The average Bonchev–Trinajstić information content (AvgIpc) is 2.51. The molecule has 2 aromatic carbocycles. The molecule has 0 aliphatic carbocycles. The van der Waals surface area contributed by atoms with Gasteiger partial charge in [0.1, 0.15) is 23.9 Å². The van der Waals surface area contributed by atoms with Crippen molar-refractivity contribution >= 4 is 5.69 Å². The highest BCUT2D eigenvalue weighted by molar-refractivity contribution is 5.43. The van der Waals surface area contributed by atoms with Crippen LogP contribution in [0.5, 0.6) is 17.2 Å². The van der Waals surface area contributed by atoms with Gasteiger partial charge in [0.2, 0.25) is 0 Å². The van der Waals surface area contributed by atoms with E-state index in [1.165, 1.54) is 0 Å². The summed E-state index contributed by atoms with van der Waals surface area (Å²) in [6.45, 7) is 4.02.